The quantitative estimate of drug-likeness (QED) is 0.417. The number of aryl methyl sites for hydroxylation is 2. The highest BCUT2D eigenvalue weighted by atomic mass is 35.5. The van der Waals surface area contributed by atoms with Crippen molar-refractivity contribution in [1.29, 1.82) is 0 Å². The van der Waals surface area contributed by atoms with Crippen molar-refractivity contribution in [2.24, 2.45) is 0 Å². The molecule has 0 bridgehead atoms. The van der Waals surface area contributed by atoms with Crippen LogP contribution < -0.4 is 4.90 Å². The van der Waals surface area contributed by atoms with Crippen LogP contribution in [0.1, 0.15) is 27.4 Å². The topological polar surface area (TPSA) is 76.4 Å². The number of ether oxygens (including phenoxy) is 1. The minimum atomic E-state index is 0.0579. The van der Waals surface area contributed by atoms with Crippen molar-refractivity contribution in [3.8, 4) is 5.69 Å². The Morgan fingerprint density at radius 1 is 1.03 bits per heavy atom. The summed E-state index contributed by atoms with van der Waals surface area (Å²) in [6.07, 6.45) is 0. The van der Waals surface area contributed by atoms with Crippen LogP contribution in [0.4, 0.5) is 5.82 Å². The lowest BCUT2D eigenvalue weighted by atomic mass is 10.1. The van der Waals surface area contributed by atoms with Gasteiger partial charge in [0.1, 0.15) is 12.4 Å². The summed E-state index contributed by atoms with van der Waals surface area (Å²) in [5, 5.41) is 6.29. The van der Waals surface area contributed by atoms with Gasteiger partial charge in [0.15, 0.2) is 11.5 Å². The molecule has 9 heteroatoms. The highest BCUT2D eigenvalue weighted by Crippen LogP contribution is 2.30. The number of carbonyl (C=O) groups is 1. The van der Waals surface area contributed by atoms with Crippen LogP contribution in [0.3, 0.4) is 0 Å². The summed E-state index contributed by atoms with van der Waals surface area (Å²) < 4.78 is 7.15. The van der Waals surface area contributed by atoms with Crippen molar-refractivity contribution in [3.63, 3.8) is 0 Å². The number of hydrogen-bond acceptors (Lipinski definition) is 6. The van der Waals surface area contributed by atoms with Gasteiger partial charge < -0.3 is 14.5 Å². The third-order valence-electron chi connectivity index (χ3n) is 6.22. The molecule has 1 saturated heterocycles. The normalized spacial score (nSPS) is 14.1. The third-order valence-corrected chi connectivity index (χ3v) is 6.46. The van der Waals surface area contributed by atoms with Gasteiger partial charge in [0.25, 0.3) is 5.91 Å². The fourth-order valence-electron chi connectivity index (χ4n) is 4.42. The number of hydrogen-bond donors (Lipinski definition) is 0. The summed E-state index contributed by atoms with van der Waals surface area (Å²) in [4.78, 5) is 26.7. The molecule has 1 aliphatic heterocycles. The molecule has 5 rings (SSSR count). The Labute approximate surface area is 209 Å². The molecule has 35 heavy (non-hydrogen) atoms. The molecule has 0 spiro atoms. The Morgan fingerprint density at radius 3 is 2.46 bits per heavy atom. The van der Waals surface area contributed by atoms with E-state index in [9.17, 15) is 4.79 Å². The number of piperazine rings is 1. The van der Waals surface area contributed by atoms with Crippen molar-refractivity contribution < 1.29 is 9.53 Å². The fraction of sp³-hybridized carbons (Fsp3) is 0.308. The zero-order valence-electron chi connectivity index (χ0n) is 20.0. The van der Waals surface area contributed by atoms with Crippen LogP contribution in [0.2, 0.25) is 5.02 Å². The minimum Gasteiger partial charge on any atom is -0.377 e. The average molecular weight is 491 g/mol. The SMILES string of the molecule is COCc1nc(N2CCN(C(=O)c3ccc(C)cc3)CC2)c2c(C)nn(-c3cccc(Cl)c3)c2n1. The van der Waals surface area contributed by atoms with Crippen molar-refractivity contribution in [2.45, 2.75) is 20.5 Å². The Hall–Kier alpha value is -3.49. The van der Waals surface area contributed by atoms with Crippen LogP contribution in [0, 0.1) is 13.8 Å². The summed E-state index contributed by atoms with van der Waals surface area (Å²) in [5.74, 6) is 1.45. The fourth-order valence-corrected chi connectivity index (χ4v) is 4.60. The van der Waals surface area contributed by atoms with Gasteiger partial charge in [-0.25, -0.2) is 14.6 Å². The maximum atomic E-state index is 13.0. The number of nitrogens with zero attached hydrogens (tertiary/aromatic N) is 6. The van der Waals surface area contributed by atoms with Gasteiger partial charge >= 0.3 is 0 Å². The molecule has 1 aliphatic rings. The van der Waals surface area contributed by atoms with Gasteiger partial charge in [-0.15, -0.1) is 0 Å². The number of amides is 1. The van der Waals surface area contributed by atoms with Crippen LogP contribution >= 0.6 is 11.6 Å². The van der Waals surface area contributed by atoms with E-state index in [1.165, 1.54) is 0 Å². The van der Waals surface area contributed by atoms with Gasteiger partial charge in [0, 0.05) is 43.9 Å². The van der Waals surface area contributed by atoms with Crippen LogP contribution in [-0.2, 0) is 11.3 Å². The molecule has 4 aromatic rings. The molecule has 8 nitrogen and oxygen atoms in total. The van der Waals surface area contributed by atoms with Gasteiger partial charge in [-0.2, -0.15) is 5.10 Å². The standard InChI is InChI=1S/C26H27ClN6O2/c1-17-7-9-19(10-8-17)26(34)32-13-11-31(12-14-32)24-23-18(2)30-33(21-6-4-5-20(27)15-21)25(23)29-22(28-24)16-35-3/h4-10,15H,11-14,16H2,1-3H3. The first kappa shape index (κ1) is 23.3. The maximum absolute atomic E-state index is 13.0. The summed E-state index contributed by atoms with van der Waals surface area (Å²) in [6.45, 7) is 6.82. The Balaban J connectivity index is 1.47. The van der Waals surface area contributed by atoms with Crippen molar-refractivity contribution in [3.05, 3.63) is 76.2 Å². The molecule has 2 aromatic heterocycles. The van der Waals surface area contributed by atoms with E-state index >= 15 is 0 Å². The largest absolute Gasteiger partial charge is 0.377 e. The van der Waals surface area contributed by atoms with Gasteiger partial charge in [-0.3, -0.25) is 4.79 Å². The Kier molecular flexibility index (Phi) is 6.40. The van der Waals surface area contributed by atoms with E-state index in [1.807, 2.05) is 67.3 Å². The zero-order valence-corrected chi connectivity index (χ0v) is 20.8. The molecule has 0 atom stereocenters. The highest BCUT2D eigenvalue weighted by Gasteiger charge is 2.27. The molecule has 2 aromatic carbocycles. The number of fused-ring (bicyclic) bond motifs is 1. The molecule has 3 heterocycles. The smallest absolute Gasteiger partial charge is 0.253 e. The van der Waals surface area contributed by atoms with E-state index in [1.54, 1.807) is 11.8 Å². The summed E-state index contributed by atoms with van der Waals surface area (Å²) >= 11 is 6.24. The third kappa shape index (κ3) is 4.59. The first-order valence-electron chi connectivity index (χ1n) is 11.6. The second-order valence-electron chi connectivity index (χ2n) is 8.72. The predicted molar refractivity (Wildman–Crippen MR) is 136 cm³/mol. The summed E-state index contributed by atoms with van der Waals surface area (Å²) in [7, 11) is 1.63. The molecule has 0 saturated carbocycles. The van der Waals surface area contributed by atoms with E-state index < -0.39 is 0 Å². The van der Waals surface area contributed by atoms with Crippen LogP contribution in [0.25, 0.3) is 16.7 Å². The molecule has 0 unspecified atom stereocenters. The van der Waals surface area contributed by atoms with Crippen LogP contribution in [0.5, 0.6) is 0 Å². The van der Waals surface area contributed by atoms with Crippen LogP contribution in [0.15, 0.2) is 48.5 Å². The van der Waals surface area contributed by atoms with E-state index in [-0.39, 0.29) is 12.5 Å². The van der Waals surface area contributed by atoms with Gasteiger partial charge in [-0.1, -0.05) is 35.4 Å². The number of anilines is 1. The molecule has 1 amide bonds. The number of benzene rings is 2. The summed E-state index contributed by atoms with van der Waals surface area (Å²) in [6, 6.07) is 15.3. The number of aromatic nitrogens is 4. The predicted octanol–water partition coefficient (Wildman–Crippen LogP) is 4.19. The second kappa shape index (κ2) is 9.64. The van der Waals surface area contributed by atoms with E-state index in [0.717, 1.165) is 33.7 Å². The van der Waals surface area contributed by atoms with Gasteiger partial charge in [-0.05, 0) is 44.2 Å². The Morgan fingerprint density at radius 2 is 1.77 bits per heavy atom. The van der Waals surface area contributed by atoms with E-state index in [0.29, 0.717) is 42.7 Å². The van der Waals surface area contributed by atoms with Crippen molar-refractivity contribution in [2.75, 3.05) is 38.2 Å². The van der Waals surface area contributed by atoms with Crippen LogP contribution in [-0.4, -0.2) is 63.8 Å². The maximum Gasteiger partial charge on any atom is 0.253 e. The van der Waals surface area contributed by atoms with Gasteiger partial charge in [0.2, 0.25) is 0 Å². The lowest BCUT2D eigenvalue weighted by Gasteiger charge is -2.35. The number of halogens is 1. The first-order chi connectivity index (χ1) is 16.9. The number of methoxy groups -OCH3 is 1. The first-order valence-corrected chi connectivity index (χ1v) is 11.9. The lowest BCUT2D eigenvalue weighted by molar-refractivity contribution is 0.0746. The molecular weight excluding hydrogens is 464 g/mol. The molecule has 180 valence electrons. The van der Waals surface area contributed by atoms with E-state index in [4.69, 9.17) is 31.4 Å². The minimum absolute atomic E-state index is 0.0579. The monoisotopic (exact) mass is 490 g/mol. The van der Waals surface area contributed by atoms with Gasteiger partial charge in [0.05, 0.1) is 16.8 Å². The number of carbonyl (C=O) groups excluding carboxylic acids is 1. The average Bonchev–Trinajstić information content (AvgIpc) is 3.20. The molecule has 0 radical (unpaired) electrons. The second-order valence-corrected chi connectivity index (χ2v) is 9.15. The Bertz CT molecular complexity index is 1380. The number of rotatable bonds is 5. The van der Waals surface area contributed by atoms with E-state index in [2.05, 4.69) is 4.90 Å². The molecule has 1 fully saturated rings. The molecule has 0 aliphatic carbocycles. The summed E-state index contributed by atoms with van der Waals surface area (Å²) in [5.41, 5.74) is 4.23. The molecular formula is C26H27ClN6O2. The molecule has 0 N–H and O–H groups in total. The highest BCUT2D eigenvalue weighted by molar-refractivity contribution is 6.30. The lowest BCUT2D eigenvalue weighted by Crippen LogP contribution is -2.49. The van der Waals surface area contributed by atoms with Crippen molar-refractivity contribution >= 4 is 34.4 Å². The zero-order chi connectivity index (χ0) is 24.5. The van der Waals surface area contributed by atoms with Crippen molar-refractivity contribution in [1.82, 2.24) is 24.6 Å².